The molecule has 0 aromatic heterocycles. The second-order valence-corrected chi connectivity index (χ2v) is 9.11. The van der Waals surface area contributed by atoms with Crippen molar-refractivity contribution in [1.29, 1.82) is 0 Å². The normalized spacial score (nSPS) is 13.6. The van der Waals surface area contributed by atoms with Gasteiger partial charge in [-0.15, -0.1) is 0 Å². The Morgan fingerprint density at radius 2 is 1.31 bits per heavy atom. The summed E-state index contributed by atoms with van der Waals surface area (Å²) in [7, 11) is -3.76. The first kappa shape index (κ1) is 15.3. The van der Waals surface area contributed by atoms with Crippen molar-refractivity contribution in [2.45, 2.75) is 31.3 Å². The van der Waals surface area contributed by atoms with E-state index in [1.165, 1.54) is 0 Å². The average Bonchev–Trinajstić information content (AvgIpc) is 2.00. The van der Waals surface area contributed by atoms with Crippen molar-refractivity contribution in [2.75, 3.05) is 0 Å². The Bertz CT molecular complexity index is 290. The molecule has 0 heterocycles. The van der Waals surface area contributed by atoms with Crippen molar-refractivity contribution in [1.82, 2.24) is 0 Å². The molecule has 16 heavy (non-hydrogen) atoms. The smallest absolute Gasteiger partial charge is 0.398 e. The van der Waals surface area contributed by atoms with E-state index in [-0.39, 0.29) is 0 Å². The number of alkyl halides is 4. The molecule has 0 rings (SSSR count). The predicted molar refractivity (Wildman–Crippen MR) is 44.7 cm³/mol. The van der Waals surface area contributed by atoms with Crippen LogP contribution in [-0.2, 0) is 4.74 Å². The van der Waals surface area contributed by atoms with Crippen LogP contribution < -0.4 is 0 Å². The Kier molecular flexibility index (Phi) is 4.07. The van der Waals surface area contributed by atoms with Crippen LogP contribution in [0.1, 0.15) is 0 Å². The van der Waals surface area contributed by atoms with E-state index in [0.29, 0.717) is 0 Å². The van der Waals surface area contributed by atoms with Crippen LogP contribution in [0.15, 0.2) is 12.1 Å². The second-order valence-electron chi connectivity index (χ2n) is 3.98. The van der Waals surface area contributed by atoms with Crippen LogP contribution in [0.2, 0.25) is 19.6 Å². The fourth-order valence-corrected chi connectivity index (χ4v) is 1.58. The van der Waals surface area contributed by atoms with Crippen molar-refractivity contribution in [3.8, 4) is 0 Å². The molecule has 0 N–H and O–H groups in total. The minimum atomic E-state index is -5.30. The third kappa shape index (κ3) is 2.89. The lowest BCUT2D eigenvalue weighted by Crippen LogP contribution is -2.58. The Morgan fingerprint density at radius 3 is 1.56 bits per heavy atom. The predicted octanol–water partition coefficient (Wildman–Crippen LogP) is 4.14. The maximum atomic E-state index is 13.1. The van der Waals surface area contributed by atoms with Crippen molar-refractivity contribution in [2.24, 2.45) is 0 Å². The topological polar surface area (TPSA) is 9.23 Å². The fraction of sp³-hybridized carbons (Fsp3) is 0.714. The van der Waals surface area contributed by atoms with Crippen molar-refractivity contribution in [3.63, 3.8) is 0 Å². The van der Waals surface area contributed by atoms with Gasteiger partial charge in [0.2, 0.25) is 0 Å². The lowest BCUT2D eigenvalue weighted by atomic mass is 10.6. The molecule has 0 aliphatic carbocycles. The van der Waals surface area contributed by atoms with Crippen LogP contribution in [0.3, 0.4) is 0 Å². The molecule has 0 aliphatic heterocycles. The number of rotatable bonds is 4. The third-order valence-electron chi connectivity index (χ3n) is 1.67. The van der Waals surface area contributed by atoms with Gasteiger partial charge in [0.15, 0.2) is 0 Å². The molecule has 0 aromatic rings. The zero-order valence-corrected chi connectivity index (χ0v) is 9.55. The summed E-state index contributed by atoms with van der Waals surface area (Å²) in [5.74, 6) is 0. The highest BCUT2D eigenvalue weighted by molar-refractivity contribution is 6.78. The molecule has 0 bridgehead atoms. The maximum absolute atomic E-state index is 13.1. The Hall–Kier alpha value is -0.733. The van der Waals surface area contributed by atoms with Gasteiger partial charge in [0.1, 0.15) is 8.07 Å². The van der Waals surface area contributed by atoms with E-state index >= 15 is 0 Å². The molecular weight excluding hydrogens is 261 g/mol. The minimum Gasteiger partial charge on any atom is -0.398 e. The molecule has 0 spiro atoms. The molecule has 0 aliphatic rings. The Labute approximate surface area is 87.9 Å². The first-order valence-electron chi connectivity index (χ1n) is 3.98. The summed E-state index contributed by atoms with van der Waals surface area (Å²) in [5.41, 5.74) is -4.67. The highest BCUT2D eigenvalue weighted by Crippen LogP contribution is 2.43. The second kappa shape index (κ2) is 4.26. The van der Waals surface area contributed by atoms with E-state index in [1.807, 2.05) is 0 Å². The van der Waals surface area contributed by atoms with Gasteiger partial charge in [0.05, 0.1) is 0 Å². The summed E-state index contributed by atoms with van der Waals surface area (Å²) in [6.45, 7) is 2.62. The minimum absolute atomic E-state index is 0.873. The Morgan fingerprint density at radius 1 is 0.938 bits per heavy atom. The molecule has 0 saturated carbocycles. The van der Waals surface area contributed by atoms with Gasteiger partial charge in [-0.25, -0.2) is 8.78 Å². The quantitative estimate of drug-likeness (QED) is 0.424. The van der Waals surface area contributed by atoms with Crippen LogP contribution in [0.25, 0.3) is 0 Å². The number of ether oxygens (including phenoxy) is 1. The summed E-state index contributed by atoms with van der Waals surface area (Å²) in [6.07, 6.45) is -8.52. The molecule has 0 atom stereocenters. The lowest BCUT2D eigenvalue weighted by molar-refractivity contribution is -0.313. The van der Waals surface area contributed by atoms with Gasteiger partial charge in [0.25, 0.3) is 0 Å². The van der Waals surface area contributed by atoms with Gasteiger partial charge in [-0.05, 0) is 0 Å². The zero-order chi connectivity index (χ0) is 13.4. The molecule has 0 unspecified atom stereocenters. The lowest BCUT2D eigenvalue weighted by Gasteiger charge is -2.33. The highest BCUT2D eigenvalue weighted by Gasteiger charge is 2.67. The van der Waals surface area contributed by atoms with E-state index in [9.17, 15) is 30.7 Å². The highest BCUT2D eigenvalue weighted by atomic mass is 28.3. The van der Waals surface area contributed by atoms with Crippen LogP contribution in [0.5, 0.6) is 0 Å². The monoisotopic (exact) mass is 270 g/mol. The molecule has 0 fully saturated rings. The fourth-order valence-electron chi connectivity index (χ4n) is 0.652. The number of hydrogen-bond donors (Lipinski definition) is 0. The molecule has 9 heteroatoms. The number of hydrogen-bond acceptors (Lipinski definition) is 1. The van der Waals surface area contributed by atoms with E-state index in [2.05, 4.69) is 4.74 Å². The maximum Gasteiger partial charge on any atom is 0.461 e. The van der Waals surface area contributed by atoms with E-state index in [0.717, 1.165) is 19.6 Å². The van der Waals surface area contributed by atoms with Crippen LogP contribution in [-0.4, -0.2) is 19.7 Å². The standard InChI is InChI=1S/C7H9F7OSi/c1-16(2,3)7(13,14)6(11,12)15-5(10)4(8)9/h1-3H3. The number of halogens is 7. The van der Waals surface area contributed by atoms with E-state index < -0.39 is 31.8 Å². The molecule has 1 nitrogen and oxygen atoms in total. The zero-order valence-electron chi connectivity index (χ0n) is 8.55. The van der Waals surface area contributed by atoms with Gasteiger partial charge < -0.3 is 4.74 Å². The Balaban J connectivity index is 5.15. The largest absolute Gasteiger partial charge is 0.461 e. The first-order chi connectivity index (χ1) is 6.83. The van der Waals surface area contributed by atoms with Gasteiger partial charge >= 0.3 is 23.7 Å². The van der Waals surface area contributed by atoms with E-state index in [1.54, 1.807) is 0 Å². The van der Waals surface area contributed by atoms with Gasteiger partial charge in [-0.1, -0.05) is 19.6 Å². The SMILES string of the molecule is C[Si](C)(C)C(F)(F)C(F)(F)OC(F)=C(F)F. The van der Waals surface area contributed by atoms with Crippen molar-refractivity contribution < 1.29 is 35.5 Å². The summed E-state index contributed by atoms with van der Waals surface area (Å²) in [5, 5.41) is 0. The molecule has 0 amide bonds. The van der Waals surface area contributed by atoms with Gasteiger partial charge in [-0.3, -0.25) is 0 Å². The summed E-state index contributed by atoms with van der Waals surface area (Å²) < 4.78 is 89.4. The summed E-state index contributed by atoms with van der Waals surface area (Å²) >= 11 is 0. The molecule has 0 radical (unpaired) electrons. The van der Waals surface area contributed by atoms with Crippen LogP contribution >= 0.6 is 0 Å². The van der Waals surface area contributed by atoms with E-state index in [4.69, 9.17) is 0 Å². The van der Waals surface area contributed by atoms with Crippen molar-refractivity contribution >= 4 is 8.07 Å². The average molecular weight is 270 g/mol. The molecular formula is C7H9F7OSi. The molecule has 96 valence electrons. The molecule has 0 aromatic carbocycles. The molecule has 0 saturated heterocycles. The first-order valence-corrected chi connectivity index (χ1v) is 7.48. The van der Waals surface area contributed by atoms with Crippen LogP contribution in [0.4, 0.5) is 30.7 Å². The van der Waals surface area contributed by atoms with Crippen molar-refractivity contribution in [3.05, 3.63) is 12.1 Å². The third-order valence-corrected chi connectivity index (χ3v) is 3.85. The summed E-state index contributed by atoms with van der Waals surface area (Å²) in [6, 6.07) is -3.00. The van der Waals surface area contributed by atoms with Crippen LogP contribution in [0, 0.1) is 0 Å². The van der Waals surface area contributed by atoms with Gasteiger partial charge in [-0.2, -0.15) is 22.0 Å². The summed E-state index contributed by atoms with van der Waals surface area (Å²) in [4.78, 5) is 0. The van der Waals surface area contributed by atoms with Gasteiger partial charge in [0, 0.05) is 0 Å².